The summed E-state index contributed by atoms with van der Waals surface area (Å²) in [6.45, 7) is 5.06. The molecule has 2 bridgehead atoms. The zero-order chi connectivity index (χ0) is 12.5. The van der Waals surface area contributed by atoms with Crippen LogP contribution in [0.1, 0.15) is 43.9 Å². The topological polar surface area (TPSA) is 51.0 Å². The van der Waals surface area contributed by atoms with Gasteiger partial charge in [-0.15, -0.1) is 0 Å². The van der Waals surface area contributed by atoms with E-state index in [0.717, 1.165) is 36.5 Å². The first-order chi connectivity index (χ1) is 8.76. The zero-order valence-electron chi connectivity index (χ0n) is 11.1. The standard InChI is InChI=1S/C14H21N3O/c1-3-13(14-16-9(2)18-17-14)15-8-12-7-10-4-5-11(12)6-10/h4-5,10-13,15H,3,6-8H2,1-2H3/t10-,11-,12+,13+/m0/s1. The van der Waals surface area contributed by atoms with Gasteiger partial charge in [0.05, 0.1) is 6.04 Å². The monoisotopic (exact) mass is 247 g/mol. The summed E-state index contributed by atoms with van der Waals surface area (Å²) in [6.07, 6.45) is 8.50. The quantitative estimate of drug-likeness (QED) is 0.813. The third-order valence-electron chi connectivity index (χ3n) is 4.31. The van der Waals surface area contributed by atoms with Crippen LogP contribution in [0.4, 0.5) is 0 Å². The second kappa shape index (κ2) is 4.84. The Morgan fingerprint density at radius 1 is 1.44 bits per heavy atom. The zero-order valence-corrected chi connectivity index (χ0v) is 11.1. The molecule has 1 aromatic heterocycles. The molecule has 0 radical (unpaired) electrons. The molecule has 0 saturated heterocycles. The first-order valence-corrected chi connectivity index (χ1v) is 6.98. The van der Waals surface area contributed by atoms with E-state index in [4.69, 9.17) is 4.52 Å². The van der Waals surface area contributed by atoms with Crippen molar-refractivity contribution >= 4 is 0 Å². The van der Waals surface area contributed by atoms with Crippen molar-refractivity contribution in [3.63, 3.8) is 0 Å². The summed E-state index contributed by atoms with van der Waals surface area (Å²) >= 11 is 0. The molecular weight excluding hydrogens is 226 g/mol. The number of fused-ring (bicyclic) bond motifs is 2. The van der Waals surface area contributed by atoms with Crippen molar-refractivity contribution in [3.8, 4) is 0 Å². The molecule has 4 atom stereocenters. The van der Waals surface area contributed by atoms with Gasteiger partial charge in [0, 0.05) is 6.92 Å². The first-order valence-electron chi connectivity index (χ1n) is 6.98. The van der Waals surface area contributed by atoms with Crippen LogP contribution >= 0.6 is 0 Å². The van der Waals surface area contributed by atoms with Crippen molar-refractivity contribution < 1.29 is 4.52 Å². The molecule has 1 aromatic rings. The number of nitrogens with zero attached hydrogens (tertiary/aromatic N) is 2. The van der Waals surface area contributed by atoms with Crippen molar-refractivity contribution in [1.82, 2.24) is 15.5 Å². The molecule has 2 aliphatic carbocycles. The lowest BCUT2D eigenvalue weighted by Gasteiger charge is -2.21. The van der Waals surface area contributed by atoms with Crippen molar-refractivity contribution in [3.05, 3.63) is 23.9 Å². The van der Waals surface area contributed by atoms with E-state index in [1.165, 1.54) is 12.8 Å². The highest BCUT2D eigenvalue weighted by Crippen LogP contribution is 2.43. The largest absolute Gasteiger partial charge is 0.340 e. The Kier molecular flexibility index (Phi) is 3.20. The smallest absolute Gasteiger partial charge is 0.223 e. The van der Waals surface area contributed by atoms with Gasteiger partial charge < -0.3 is 9.84 Å². The first kappa shape index (κ1) is 11.9. The minimum atomic E-state index is 0.227. The number of hydrogen-bond donors (Lipinski definition) is 1. The number of aromatic nitrogens is 2. The van der Waals surface area contributed by atoms with E-state index >= 15 is 0 Å². The van der Waals surface area contributed by atoms with Crippen LogP contribution in [-0.4, -0.2) is 16.7 Å². The van der Waals surface area contributed by atoms with Crippen LogP contribution in [0.3, 0.4) is 0 Å². The van der Waals surface area contributed by atoms with Crippen molar-refractivity contribution in [2.45, 2.75) is 39.2 Å². The Bertz CT molecular complexity index is 440. The van der Waals surface area contributed by atoms with Crippen LogP contribution in [0.2, 0.25) is 0 Å². The summed E-state index contributed by atoms with van der Waals surface area (Å²) in [5.41, 5.74) is 0. The van der Waals surface area contributed by atoms with Crippen LogP contribution in [0.25, 0.3) is 0 Å². The summed E-state index contributed by atoms with van der Waals surface area (Å²) in [5.74, 6) is 3.88. The SMILES string of the molecule is CC[C@@H](NC[C@H]1C[C@H]2C=C[C@H]1C2)c1noc(C)n1. The lowest BCUT2D eigenvalue weighted by atomic mass is 9.93. The molecule has 0 amide bonds. The molecule has 0 spiro atoms. The van der Waals surface area contributed by atoms with Crippen LogP contribution in [-0.2, 0) is 0 Å². The van der Waals surface area contributed by atoms with Gasteiger partial charge in [-0.3, -0.25) is 0 Å². The summed E-state index contributed by atoms with van der Waals surface area (Å²) < 4.78 is 5.06. The molecule has 2 aliphatic rings. The van der Waals surface area contributed by atoms with Crippen LogP contribution in [0.5, 0.6) is 0 Å². The molecule has 98 valence electrons. The summed E-state index contributed by atoms with van der Waals surface area (Å²) in [5, 5.41) is 7.62. The fraction of sp³-hybridized carbons (Fsp3) is 0.714. The van der Waals surface area contributed by atoms with Gasteiger partial charge in [-0.25, -0.2) is 0 Å². The molecule has 0 aromatic carbocycles. The average molecular weight is 247 g/mol. The third-order valence-corrected chi connectivity index (χ3v) is 4.31. The third kappa shape index (κ3) is 2.21. The second-order valence-electron chi connectivity index (χ2n) is 5.58. The van der Waals surface area contributed by atoms with Gasteiger partial charge in [0.15, 0.2) is 5.82 Å². The Hall–Kier alpha value is -1.16. The molecular formula is C14H21N3O. The second-order valence-corrected chi connectivity index (χ2v) is 5.58. The highest BCUT2D eigenvalue weighted by molar-refractivity contribution is 5.10. The molecule has 18 heavy (non-hydrogen) atoms. The maximum absolute atomic E-state index is 5.06. The minimum Gasteiger partial charge on any atom is -0.340 e. The van der Waals surface area contributed by atoms with Crippen molar-refractivity contribution in [2.75, 3.05) is 6.54 Å². The average Bonchev–Trinajstić information content (AvgIpc) is 3.06. The number of aryl methyl sites for hydroxylation is 1. The van der Waals surface area contributed by atoms with Gasteiger partial charge in [0.2, 0.25) is 5.89 Å². The van der Waals surface area contributed by atoms with E-state index < -0.39 is 0 Å². The van der Waals surface area contributed by atoms with E-state index in [2.05, 4.69) is 34.5 Å². The Balaban J connectivity index is 1.56. The number of hydrogen-bond acceptors (Lipinski definition) is 4. The lowest BCUT2D eigenvalue weighted by molar-refractivity contribution is 0.353. The van der Waals surface area contributed by atoms with Gasteiger partial charge in [0.1, 0.15) is 0 Å². The Labute approximate surface area is 108 Å². The van der Waals surface area contributed by atoms with E-state index in [-0.39, 0.29) is 6.04 Å². The predicted octanol–water partition coefficient (Wildman–Crippen LogP) is 2.63. The fourth-order valence-corrected chi connectivity index (χ4v) is 3.30. The summed E-state index contributed by atoms with van der Waals surface area (Å²) in [6, 6.07) is 0.227. The predicted molar refractivity (Wildman–Crippen MR) is 68.9 cm³/mol. The van der Waals surface area contributed by atoms with Crippen LogP contribution in [0, 0.1) is 24.7 Å². The molecule has 1 fully saturated rings. The van der Waals surface area contributed by atoms with E-state index in [9.17, 15) is 0 Å². The Morgan fingerprint density at radius 3 is 2.89 bits per heavy atom. The van der Waals surface area contributed by atoms with Gasteiger partial charge in [-0.05, 0) is 43.6 Å². The van der Waals surface area contributed by atoms with Crippen LogP contribution in [0.15, 0.2) is 16.7 Å². The highest BCUT2D eigenvalue weighted by atomic mass is 16.5. The molecule has 4 heteroatoms. The van der Waals surface area contributed by atoms with Crippen molar-refractivity contribution in [2.24, 2.45) is 17.8 Å². The summed E-state index contributed by atoms with van der Waals surface area (Å²) in [4.78, 5) is 4.32. The number of rotatable bonds is 5. The van der Waals surface area contributed by atoms with Gasteiger partial charge in [-0.1, -0.05) is 24.2 Å². The van der Waals surface area contributed by atoms with Gasteiger partial charge >= 0.3 is 0 Å². The number of nitrogens with one attached hydrogen (secondary N) is 1. The molecule has 1 N–H and O–H groups in total. The normalized spacial score (nSPS) is 31.1. The lowest BCUT2D eigenvalue weighted by Crippen LogP contribution is -2.29. The van der Waals surface area contributed by atoms with Crippen molar-refractivity contribution in [1.29, 1.82) is 0 Å². The van der Waals surface area contributed by atoms with Crippen LogP contribution < -0.4 is 5.32 Å². The minimum absolute atomic E-state index is 0.227. The van der Waals surface area contributed by atoms with Gasteiger partial charge in [0.25, 0.3) is 0 Å². The maximum atomic E-state index is 5.06. The Morgan fingerprint density at radius 2 is 2.33 bits per heavy atom. The molecule has 1 saturated carbocycles. The van der Waals surface area contributed by atoms with E-state index in [0.29, 0.717) is 5.89 Å². The maximum Gasteiger partial charge on any atom is 0.223 e. The highest BCUT2D eigenvalue weighted by Gasteiger charge is 2.35. The fourth-order valence-electron chi connectivity index (χ4n) is 3.30. The van der Waals surface area contributed by atoms with Gasteiger partial charge in [-0.2, -0.15) is 4.98 Å². The van der Waals surface area contributed by atoms with E-state index in [1.54, 1.807) is 0 Å². The molecule has 0 aliphatic heterocycles. The van der Waals surface area contributed by atoms with E-state index in [1.807, 2.05) is 6.92 Å². The molecule has 1 heterocycles. The molecule has 4 nitrogen and oxygen atoms in total. The number of allylic oxidation sites excluding steroid dienone is 2. The summed E-state index contributed by atoms with van der Waals surface area (Å²) in [7, 11) is 0. The molecule has 0 unspecified atom stereocenters. The molecule has 3 rings (SSSR count).